The predicted molar refractivity (Wildman–Crippen MR) is 81.4 cm³/mol. The molecule has 0 aliphatic heterocycles. The number of hydrogen-bond acceptors (Lipinski definition) is 1. The molecule has 0 heterocycles. The van der Waals surface area contributed by atoms with E-state index in [2.05, 4.69) is 24.2 Å². The van der Waals surface area contributed by atoms with E-state index in [-0.39, 0.29) is 24.0 Å². The molecular formula is C12H26IN3. The van der Waals surface area contributed by atoms with Crippen molar-refractivity contribution >= 4 is 29.9 Å². The Morgan fingerprint density at radius 1 is 1.31 bits per heavy atom. The van der Waals surface area contributed by atoms with Crippen LogP contribution in [-0.4, -0.2) is 18.5 Å². The fraction of sp³-hybridized carbons (Fsp3) is 0.917. The van der Waals surface area contributed by atoms with E-state index in [1.54, 1.807) is 0 Å². The third kappa shape index (κ3) is 7.30. The minimum Gasteiger partial charge on any atom is -0.370 e. The van der Waals surface area contributed by atoms with E-state index >= 15 is 0 Å². The van der Waals surface area contributed by atoms with Crippen molar-refractivity contribution in [1.29, 1.82) is 0 Å². The summed E-state index contributed by atoms with van der Waals surface area (Å²) in [6.07, 6.45) is 7.66. The number of nitrogens with one attached hydrogen (secondary N) is 1. The maximum atomic E-state index is 5.83. The van der Waals surface area contributed by atoms with Crippen molar-refractivity contribution in [2.24, 2.45) is 16.6 Å². The first-order valence-corrected chi connectivity index (χ1v) is 6.25. The zero-order valence-corrected chi connectivity index (χ0v) is 12.9. The molecule has 0 radical (unpaired) electrons. The third-order valence-electron chi connectivity index (χ3n) is 2.95. The number of halogens is 1. The van der Waals surface area contributed by atoms with Gasteiger partial charge in [0.1, 0.15) is 0 Å². The highest BCUT2D eigenvalue weighted by atomic mass is 127. The van der Waals surface area contributed by atoms with Gasteiger partial charge in [0.15, 0.2) is 5.96 Å². The Bertz CT molecular complexity index is 198. The van der Waals surface area contributed by atoms with Crippen molar-refractivity contribution in [3.05, 3.63) is 0 Å². The average Bonchev–Trinajstić information content (AvgIpc) is 2.18. The minimum absolute atomic E-state index is 0. The lowest BCUT2D eigenvalue weighted by molar-refractivity contribution is 0.412. The number of nitrogens with zero attached hydrogens (tertiary/aromatic N) is 1. The van der Waals surface area contributed by atoms with Gasteiger partial charge in [0, 0.05) is 12.6 Å². The van der Waals surface area contributed by atoms with Gasteiger partial charge in [0.25, 0.3) is 0 Å². The molecule has 0 amide bonds. The highest BCUT2D eigenvalue weighted by Gasteiger charge is 2.12. The van der Waals surface area contributed by atoms with Gasteiger partial charge in [-0.15, -0.1) is 24.0 Å². The average molecular weight is 339 g/mol. The van der Waals surface area contributed by atoms with Gasteiger partial charge in [-0.3, -0.25) is 4.99 Å². The number of hydrogen-bond donors (Lipinski definition) is 2. The first kappa shape index (κ1) is 16.0. The molecule has 0 spiro atoms. The van der Waals surface area contributed by atoms with Crippen LogP contribution in [0.4, 0.5) is 0 Å². The van der Waals surface area contributed by atoms with Crippen LogP contribution in [0.15, 0.2) is 4.99 Å². The number of aliphatic imine (C=N–C) groups is 1. The summed E-state index contributed by atoms with van der Waals surface area (Å²) in [4.78, 5) is 4.34. The van der Waals surface area contributed by atoms with Crippen molar-refractivity contribution < 1.29 is 0 Å². The summed E-state index contributed by atoms with van der Waals surface area (Å²) in [5, 5.41) is 3.32. The van der Waals surface area contributed by atoms with Crippen LogP contribution in [0.5, 0.6) is 0 Å². The highest BCUT2D eigenvalue weighted by molar-refractivity contribution is 14.0. The number of nitrogens with two attached hydrogens (primary N) is 1. The van der Waals surface area contributed by atoms with E-state index in [0.717, 1.165) is 13.0 Å². The Labute approximate surface area is 117 Å². The molecule has 1 fully saturated rings. The Kier molecular flexibility index (Phi) is 9.07. The topological polar surface area (TPSA) is 50.4 Å². The Balaban J connectivity index is 0.00000225. The second kappa shape index (κ2) is 9.07. The monoisotopic (exact) mass is 339 g/mol. The smallest absolute Gasteiger partial charge is 0.188 e. The molecule has 0 aromatic heterocycles. The van der Waals surface area contributed by atoms with E-state index in [1.807, 2.05) is 0 Å². The Morgan fingerprint density at radius 2 is 1.94 bits per heavy atom. The van der Waals surface area contributed by atoms with Crippen molar-refractivity contribution in [2.45, 2.75) is 58.4 Å². The first-order chi connectivity index (χ1) is 7.18. The summed E-state index contributed by atoms with van der Waals surface area (Å²) < 4.78 is 0. The molecule has 0 aromatic rings. The lowest BCUT2D eigenvalue weighted by atomic mass is 9.96. The Hall–Kier alpha value is 0. The summed E-state index contributed by atoms with van der Waals surface area (Å²) in [6.45, 7) is 5.27. The highest BCUT2D eigenvalue weighted by Crippen LogP contribution is 2.16. The molecule has 0 atom stereocenters. The normalized spacial score (nSPS) is 18.3. The number of guanidine groups is 1. The first-order valence-electron chi connectivity index (χ1n) is 6.25. The van der Waals surface area contributed by atoms with Gasteiger partial charge in [0.2, 0.25) is 0 Å². The maximum absolute atomic E-state index is 5.83. The molecule has 3 nitrogen and oxygen atoms in total. The van der Waals surface area contributed by atoms with Crippen LogP contribution in [0.2, 0.25) is 0 Å². The van der Waals surface area contributed by atoms with Crippen LogP contribution < -0.4 is 11.1 Å². The molecule has 1 aliphatic rings. The molecule has 16 heavy (non-hydrogen) atoms. The standard InChI is InChI=1S/C12H25N3.HI/c1-10(2)8-9-14-12(13)15-11-6-4-3-5-7-11;/h10-11H,3-9H2,1-2H3,(H3,13,14,15);1H. The van der Waals surface area contributed by atoms with Crippen molar-refractivity contribution in [3.8, 4) is 0 Å². The third-order valence-corrected chi connectivity index (χ3v) is 2.95. The van der Waals surface area contributed by atoms with E-state index < -0.39 is 0 Å². The van der Waals surface area contributed by atoms with Gasteiger partial charge >= 0.3 is 0 Å². The predicted octanol–water partition coefficient (Wildman–Crippen LogP) is 2.89. The molecule has 0 aromatic carbocycles. The second-order valence-electron chi connectivity index (χ2n) is 4.93. The quantitative estimate of drug-likeness (QED) is 0.470. The van der Waals surface area contributed by atoms with Gasteiger partial charge in [0.05, 0.1) is 0 Å². The molecule has 0 unspecified atom stereocenters. The summed E-state index contributed by atoms with van der Waals surface area (Å²) in [6, 6.07) is 0.571. The molecule has 3 N–H and O–H groups in total. The van der Waals surface area contributed by atoms with Gasteiger partial charge in [-0.1, -0.05) is 33.1 Å². The Morgan fingerprint density at radius 3 is 2.50 bits per heavy atom. The molecule has 4 heteroatoms. The SMILES string of the molecule is CC(C)CCN=C(N)NC1CCCCC1.I. The van der Waals surface area contributed by atoms with Crippen LogP contribution in [0.25, 0.3) is 0 Å². The molecular weight excluding hydrogens is 313 g/mol. The summed E-state index contributed by atoms with van der Waals surface area (Å²) in [5.74, 6) is 1.35. The molecule has 1 aliphatic carbocycles. The zero-order valence-electron chi connectivity index (χ0n) is 10.5. The molecule has 96 valence electrons. The molecule has 0 bridgehead atoms. The zero-order chi connectivity index (χ0) is 11.1. The summed E-state index contributed by atoms with van der Waals surface area (Å²) >= 11 is 0. The van der Waals surface area contributed by atoms with E-state index in [0.29, 0.717) is 17.9 Å². The summed E-state index contributed by atoms with van der Waals surface area (Å²) in [5.41, 5.74) is 5.83. The van der Waals surface area contributed by atoms with Gasteiger partial charge in [-0.2, -0.15) is 0 Å². The largest absolute Gasteiger partial charge is 0.370 e. The van der Waals surface area contributed by atoms with Gasteiger partial charge < -0.3 is 11.1 Å². The van der Waals surface area contributed by atoms with E-state index in [1.165, 1.54) is 32.1 Å². The molecule has 0 saturated heterocycles. The fourth-order valence-corrected chi connectivity index (χ4v) is 1.94. The van der Waals surface area contributed by atoms with Crippen LogP contribution in [-0.2, 0) is 0 Å². The summed E-state index contributed by atoms with van der Waals surface area (Å²) in [7, 11) is 0. The van der Waals surface area contributed by atoms with Crippen LogP contribution in [0.3, 0.4) is 0 Å². The van der Waals surface area contributed by atoms with E-state index in [4.69, 9.17) is 5.73 Å². The fourth-order valence-electron chi connectivity index (χ4n) is 1.94. The van der Waals surface area contributed by atoms with Gasteiger partial charge in [-0.05, 0) is 25.2 Å². The minimum atomic E-state index is 0. The van der Waals surface area contributed by atoms with Gasteiger partial charge in [-0.25, -0.2) is 0 Å². The molecule has 1 saturated carbocycles. The lowest BCUT2D eigenvalue weighted by Crippen LogP contribution is -2.41. The van der Waals surface area contributed by atoms with Crippen molar-refractivity contribution in [3.63, 3.8) is 0 Å². The maximum Gasteiger partial charge on any atom is 0.188 e. The van der Waals surface area contributed by atoms with Crippen LogP contribution in [0, 0.1) is 5.92 Å². The molecule has 1 rings (SSSR count). The van der Waals surface area contributed by atoms with Crippen molar-refractivity contribution in [2.75, 3.05) is 6.54 Å². The second-order valence-corrected chi connectivity index (χ2v) is 4.93. The van der Waals surface area contributed by atoms with E-state index in [9.17, 15) is 0 Å². The number of rotatable bonds is 4. The van der Waals surface area contributed by atoms with Crippen LogP contribution in [0.1, 0.15) is 52.4 Å². The lowest BCUT2D eigenvalue weighted by Gasteiger charge is -2.23. The van der Waals surface area contributed by atoms with Crippen LogP contribution >= 0.6 is 24.0 Å². The van der Waals surface area contributed by atoms with Crippen molar-refractivity contribution in [1.82, 2.24) is 5.32 Å².